The first-order chi connectivity index (χ1) is 7.13. The van der Waals surface area contributed by atoms with Crippen LogP contribution in [0.3, 0.4) is 0 Å². The molecule has 1 saturated heterocycles. The lowest BCUT2D eigenvalue weighted by Crippen LogP contribution is -2.49. The molecule has 0 bridgehead atoms. The Labute approximate surface area is 90.3 Å². The minimum absolute atomic E-state index is 0.0188. The van der Waals surface area contributed by atoms with Gasteiger partial charge < -0.3 is 15.2 Å². The molecule has 3 N–H and O–H groups in total. The Balaban J connectivity index is 2.32. The molecule has 15 heavy (non-hydrogen) atoms. The maximum Gasteiger partial charge on any atom is 0.322 e. The Hall–Kier alpha value is -0.650. The normalized spacial score (nSPS) is 28.5. The fourth-order valence-electron chi connectivity index (χ4n) is 1.63. The summed E-state index contributed by atoms with van der Waals surface area (Å²) in [4.78, 5) is 11.3. The third kappa shape index (κ3) is 4.15. The zero-order valence-corrected chi connectivity index (χ0v) is 9.36. The highest BCUT2D eigenvalue weighted by Gasteiger charge is 2.27. The molecule has 1 heterocycles. The number of methoxy groups -OCH3 is 1. The van der Waals surface area contributed by atoms with E-state index >= 15 is 0 Å². The zero-order valence-electron chi connectivity index (χ0n) is 9.36. The third-order valence-electron chi connectivity index (χ3n) is 2.39. The summed E-state index contributed by atoms with van der Waals surface area (Å²) in [6.45, 7) is 2.40. The van der Waals surface area contributed by atoms with E-state index in [1.54, 1.807) is 0 Å². The van der Waals surface area contributed by atoms with E-state index < -0.39 is 0 Å². The average molecular weight is 216 g/mol. The minimum atomic E-state index is -0.234. The first-order valence-corrected chi connectivity index (χ1v) is 5.34. The monoisotopic (exact) mass is 216 g/mol. The second-order valence-corrected chi connectivity index (χ2v) is 3.97. The second-order valence-electron chi connectivity index (χ2n) is 3.97. The van der Waals surface area contributed by atoms with Crippen molar-refractivity contribution in [3.8, 4) is 0 Å². The molecular weight excluding hydrogens is 196 g/mol. The summed E-state index contributed by atoms with van der Waals surface area (Å²) in [5.41, 5.74) is 5.59. The summed E-state index contributed by atoms with van der Waals surface area (Å²) in [7, 11) is 1.40. The van der Waals surface area contributed by atoms with Gasteiger partial charge in [-0.15, -0.1) is 0 Å². The van der Waals surface area contributed by atoms with E-state index in [0.717, 1.165) is 19.3 Å². The summed E-state index contributed by atoms with van der Waals surface area (Å²) in [5.74, 6) is -0.218. The first kappa shape index (κ1) is 12.4. The van der Waals surface area contributed by atoms with Crippen LogP contribution in [0.5, 0.6) is 0 Å². The van der Waals surface area contributed by atoms with E-state index in [1.807, 2.05) is 6.92 Å². The zero-order chi connectivity index (χ0) is 11.3. The van der Waals surface area contributed by atoms with Crippen molar-refractivity contribution in [2.24, 2.45) is 5.73 Å². The molecule has 88 valence electrons. The van der Waals surface area contributed by atoms with Gasteiger partial charge in [0.15, 0.2) is 0 Å². The number of hydrogen-bond donors (Lipinski definition) is 2. The van der Waals surface area contributed by atoms with Crippen molar-refractivity contribution in [1.82, 2.24) is 5.32 Å². The van der Waals surface area contributed by atoms with Crippen LogP contribution < -0.4 is 11.1 Å². The second kappa shape index (κ2) is 6.05. The lowest BCUT2D eigenvalue weighted by atomic mass is 10.0. The Morgan fingerprint density at radius 2 is 2.33 bits per heavy atom. The van der Waals surface area contributed by atoms with Gasteiger partial charge in [0.05, 0.1) is 13.7 Å². The molecule has 5 heteroatoms. The van der Waals surface area contributed by atoms with Crippen molar-refractivity contribution in [3.63, 3.8) is 0 Å². The molecule has 3 unspecified atom stereocenters. The third-order valence-corrected chi connectivity index (χ3v) is 2.39. The van der Waals surface area contributed by atoms with Crippen molar-refractivity contribution in [3.05, 3.63) is 0 Å². The molecule has 1 aliphatic rings. The van der Waals surface area contributed by atoms with Crippen molar-refractivity contribution < 1.29 is 14.3 Å². The van der Waals surface area contributed by atoms with Gasteiger partial charge in [-0.25, -0.2) is 0 Å². The molecule has 1 aliphatic heterocycles. The lowest BCUT2D eigenvalue weighted by molar-refractivity contribution is -0.146. The van der Waals surface area contributed by atoms with Gasteiger partial charge in [0.2, 0.25) is 0 Å². The van der Waals surface area contributed by atoms with Crippen LogP contribution in [0, 0.1) is 0 Å². The van der Waals surface area contributed by atoms with Crippen LogP contribution in [0.4, 0.5) is 0 Å². The van der Waals surface area contributed by atoms with Crippen LogP contribution >= 0.6 is 0 Å². The number of rotatable bonds is 4. The number of nitrogens with one attached hydrogen (secondary N) is 1. The van der Waals surface area contributed by atoms with Gasteiger partial charge in [0.25, 0.3) is 0 Å². The van der Waals surface area contributed by atoms with Crippen LogP contribution in [0.15, 0.2) is 0 Å². The minimum Gasteiger partial charge on any atom is -0.468 e. The molecule has 1 fully saturated rings. The Morgan fingerprint density at radius 3 is 2.93 bits per heavy atom. The summed E-state index contributed by atoms with van der Waals surface area (Å²) >= 11 is 0. The number of hydrogen-bond acceptors (Lipinski definition) is 5. The van der Waals surface area contributed by atoms with E-state index in [2.05, 4.69) is 10.1 Å². The molecule has 0 spiro atoms. The van der Waals surface area contributed by atoms with Crippen LogP contribution in [-0.4, -0.2) is 38.0 Å². The van der Waals surface area contributed by atoms with Crippen molar-refractivity contribution >= 4 is 5.97 Å². The molecule has 0 amide bonds. The first-order valence-electron chi connectivity index (χ1n) is 5.34. The fourth-order valence-corrected chi connectivity index (χ4v) is 1.63. The standard InChI is InChI=1S/C10H20N2O3/c1-7(11)6-15-9-5-3-4-8(12-9)10(13)14-2/h7-9,12H,3-6,11H2,1-2H3. The summed E-state index contributed by atoms with van der Waals surface area (Å²) in [6, 6.07) is -0.216. The van der Waals surface area contributed by atoms with Gasteiger partial charge in [-0.2, -0.15) is 0 Å². The molecule has 0 aromatic carbocycles. The molecule has 5 nitrogen and oxygen atoms in total. The molecular formula is C10H20N2O3. The predicted molar refractivity (Wildman–Crippen MR) is 56.2 cm³/mol. The van der Waals surface area contributed by atoms with Crippen molar-refractivity contribution in [2.45, 2.75) is 44.5 Å². The maximum atomic E-state index is 11.3. The number of carbonyl (C=O) groups is 1. The Bertz CT molecular complexity index is 209. The Kier molecular flexibility index (Phi) is 5.01. The fraction of sp³-hybridized carbons (Fsp3) is 0.900. The molecule has 0 radical (unpaired) electrons. The maximum absolute atomic E-state index is 11.3. The largest absolute Gasteiger partial charge is 0.468 e. The number of esters is 1. The average Bonchev–Trinajstić information content (AvgIpc) is 2.25. The van der Waals surface area contributed by atoms with Gasteiger partial charge in [-0.1, -0.05) is 0 Å². The summed E-state index contributed by atoms with van der Waals surface area (Å²) in [6.07, 6.45) is 2.62. The number of carbonyl (C=O) groups excluding carboxylic acids is 1. The number of piperidine rings is 1. The van der Waals surface area contributed by atoms with Gasteiger partial charge in [-0.3, -0.25) is 10.1 Å². The van der Waals surface area contributed by atoms with Crippen LogP contribution in [-0.2, 0) is 14.3 Å². The van der Waals surface area contributed by atoms with E-state index in [-0.39, 0.29) is 24.3 Å². The highest BCUT2D eigenvalue weighted by Crippen LogP contribution is 2.14. The summed E-state index contributed by atoms with van der Waals surface area (Å²) < 4.78 is 10.2. The predicted octanol–water partition coefficient (Wildman–Crippen LogP) is -0.00860. The molecule has 0 aromatic heterocycles. The highest BCUT2D eigenvalue weighted by atomic mass is 16.5. The van der Waals surface area contributed by atoms with Crippen molar-refractivity contribution in [2.75, 3.05) is 13.7 Å². The number of ether oxygens (including phenoxy) is 2. The van der Waals surface area contributed by atoms with Gasteiger partial charge in [-0.05, 0) is 26.2 Å². The van der Waals surface area contributed by atoms with E-state index in [9.17, 15) is 4.79 Å². The molecule has 0 aromatic rings. The molecule has 0 aliphatic carbocycles. The van der Waals surface area contributed by atoms with Crippen molar-refractivity contribution in [1.29, 1.82) is 0 Å². The quantitative estimate of drug-likeness (QED) is 0.647. The van der Waals surface area contributed by atoms with E-state index in [1.165, 1.54) is 7.11 Å². The van der Waals surface area contributed by atoms with E-state index in [0.29, 0.717) is 6.61 Å². The van der Waals surface area contributed by atoms with Gasteiger partial charge >= 0.3 is 5.97 Å². The molecule has 0 saturated carbocycles. The van der Waals surface area contributed by atoms with Crippen LogP contribution in [0.2, 0.25) is 0 Å². The summed E-state index contributed by atoms with van der Waals surface area (Å²) in [5, 5.41) is 3.11. The molecule has 1 rings (SSSR count). The number of nitrogens with two attached hydrogens (primary N) is 1. The molecule has 3 atom stereocenters. The van der Waals surface area contributed by atoms with Gasteiger partial charge in [0, 0.05) is 6.04 Å². The SMILES string of the molecule is COC(=O)C1CCCC(OCC(C)N)N1. The smallest absolute Gasteiger partial charge is 0.322 e. The van der Waals surface area contributed by atoms with E-state index in [4.69, 9.17) is 10.5 Å². The van der Waals surface area contributed by atoms with Gasteiger partial charge in [0.1, 0.15) is 12.3 Å². The highest BCUT2D eigenvalue weighted by molar-refractivity contribution is 5.75. The Morgan fingerprint density at radius 1 is 1.60 bits per heavy atom. The lowest BCUT2D eigenvalue weighted by Gasteiger charge is -2.29. The van der Waals surface area contributed by atoms with Crippen LogP contribution in [0.1, 0.15) is 26.2 Å². The van der Waals surface area contributed by atoms with Crippen LogP contribution in [0.25, 0.3) is 0 Å². The topological polar surface area (TPSA) is 73.6 Å².